The van der Waals surface area contributed by atoms with E-state index in [-0.39, 0.29) is 10.6 Å². The van der Waals surface area contributed by atoms with Crippen LogP contribution in [0.3, 0.4) is 0 Å². The van der Waals surface area contributed by atoms with Crippen molar-refractivity contribution in [3.63, 3.8) is 0 Å². The van der Waals surface area contributed by atoms with Gasteiger partial charge in [-0.25, -0.2) is 13.1 Å². The van der Waals surface area contributed by atoms with Crippen molar-refractivity contribution in [1.82, 2.24) is 4.72 Å². The highest BCUT2D eigenvalue weighted by Crippen LogP contribution is 2.21. The van der Waals surface area contributed by atoms with Crippen LogP contribution in [0, 0.1) is 6.92 Å². The number of sulfonamides is 1. The van der Waals surface area contributed by atoms with Crippen LogP contribution in [0.15, 0.2) is 16.3 Å². The SMILES string of the molecule is CCCC(CC(=O)O)NS(=O)(=O)c1ccc(C)s1. The molecule has 0 saturated carbocycles. The van der Waals surface area contributed by atoms with Crippen molar-refractivity contribution in [1.29, 1.82) is 0 Å². The molecular weight excluding hydrogens is 274 g/mol. The van der Waals surface area contributed by atoms with Crippen LogP contribution >= 0.6 is 11.3 Å². The van der Waals surface area contributed by atoms with Crippen LogP contribution in [0.1, 0.15) is 31.1 Å². The van der Waals surface area contributed by atoms with Crippen LogP contribution in [0.5, 0.6) is 0 Å². The van der Waals surface area contributed by atoms with E-state index in [1.54, 1.807) is 6.07 Å². The van der Waals surface area contributed by atoms with E-state index in [1.807, 2.05) is 13.8 Å². The summed E-state index contributed by atoms with van der Waals surface area (Å²) in [6, 6.07) is 2.71. The number of hydrogen-bond acceptors (Lipinski definition) is 4. The number of carboxylic acids is 1. The molecule has 1 rings (SSSR count). The summed E-state index contributed by atoms with van der Waals surface area (Å²) in [5.41, 5.74) is 0. The summed E-state index contributed by atoms with van der Waals surface area (Å²) in [6.07, 6.45) is 1.04. The number of thiophene rings is 1. The molecule has 0 aliphatic heterocycles. The highest BCUT2D eigenvalue weighted by atomic mass is 32.2. The Balaban J connectivity index is 2.82. The van der Waals surface area contributed by atoms with Gasteiger partial charge in [-0.1, -0.05) is 13.3 Å². The van der Waals surface area contributed by atoms with Crippen molar-refractivity contribution in [2.24, 2.45) is 0 Å². The molecule has 1 unspecified atom stereocenters. The summed E-state index contributed by atoms with van der Waals surface area (Å²) in [5.74, 6) is -1.00. The standard InChI is InChI=1S/C11H17NO4S2/c1-3-4-9(7-10(13)14)12-18(15,16)11-6-5-8(2)17-11/h5-6,9,12H,3-4,7H2,1-2H3,(H,13,14). The minimum Gasteiger partial charge on any atom is -0.481 e. The number of hydrogen-bond donors (Lipinski definition) is 2. The lowest BCUT2D eigenvalue weighted by Crippen LogP contribution is -2.36. The maximum absolute atomic E-state index is 12.0. The molecule has 0 saturated heterocycles. The van der Waals surface area contributed by atoms with E-state index in [1.165, 1.54) is 17.4 Å². The number of carbonyl (C=O) groups is 1. The fraction of sp³-hybridized carbons (Fsp3) is 0.545. The van der Waals surface area contributed by atoms with Crippen molar-refractivity contribution in [2.75, 3.05) is 0 Å². The summed E-state index contributed by atoms with van der Waals surface area (Å²) in [6.45, 7) is 3.71. The monoisotopic (exact) mass is 291 g/mol. The first-order valence-electron chi connectivity index (χ1n) is 5.65. The van der Waals surface area contributed by atoms with E-state index >= 15 is 0 Å². The molecule has 0 aromatic carbocycles. The third-order valence-corrected chi connectivity index (χ3v) is 5.37. The van der Waals surface area contributed by atoms with Crippen molar-refractivity contribution >= 4 is 27.3 Å². The molecule has 0 bridgehead atoms. The molecule has 5 nitrogen and oxygen atoms in total. The molecule has 2 N–H and O–H groups in total. The van der Waals surface area contributed by atoms with Crippen LogP contribution in [-0.4, -0.2) is 25.5 Å². The Morgan fingerprint density at radius 1 is 1.50 bits per heavy atom. The van der Waals surface area contributed by atoms with E-state index in [4.69, 9.17) is 5.11 Å². The van der Waals surface area contributed by atoms with E-state index in [0.29, 0.717) is 6.42 Å². The molecule has 1 heterocycles. The average molecular weight is 291 g/mol. The molecular formula is C11H17NO4S2. The van der Waals surface area contributed by atoms with Gasteiger partial charge in [-0.2, -0.15) is 0 Å². The predicted octanol–water partition coefficient (Wildman–Crippen LogP) is 1.98. The fourth-order valence-corrected chi connectivity index (χ4v) is 4.17. The van der Waals surface area contributed by atoms with Gasteiger partial charge in [0.25, 0.3) is 0 Å². The smallest absolute Gasteiger partial charge is 0.304 e. The Morgan fingerprint density at radius 2 is 2.17 bits per heavy atom. The molecule has 1 aromatic rings. The molecule has 0 fully saturated rings. The lowest BCUT2D eigenvalue weighted by molar-refractivity contribution is -0.137. The van der Waals surface area contributed by atoms with Gasteiger partial charge in [-0.15, -0.1) is 11.3 Å². The molecule has 0 aliphatic carbocycles. The maximum atomic E-state index is 12.0. The second-order valence-electron chi connectivity index (χ2n) is 4.07. The normalized spacial score (nSPS) is 13.4. The molecule has 0 spiro atoms. The molecule has 18 heavy (non-hydrogen) atoms. The summed E-state index contributed by atoms with van der Waals surface area (Å²) in [5, 5.41) is 8.75. The molecule has 0 aliphatic rings. The zero-order valence-corrected chi connectivity index (χ0v) is 12.0. The largest absolute Gasteiger partial charge is 0.481 e. The van der Waals surface area contributed by atoms with E-state index in [9.17, 15) is 13.2 Å². The highest BCUT2D eigenvalue weighted by molar-refractivity contribution is 7.91. The quantitative estimate of drug-likeness (QED) is 0.804. The summed E-state index contributed by atoms with van der Waals surface area (Å²) in [7, 11) is -3.60. The topological polar surface area (TPSA) is 83.5 Å². The van der Waals surface area contributed by atoms with Gasteiger partial charge in [0.05, 0.1) is 6.42 Å². The van der Waals surface area contributed by atoms with Crippen LogP contribution in [0.25, 0.3) is 0 Å². The van der Waals surface area contributed by atoms with Crippen LogP contribution < -0.4 is 4.72 Å². The van der Waals surface area contributed by atoms with Gasteiger partial charge < -0.3 is 5.11 Å². The number of aryl methyl sites for hydroxylation is 1. The Bertz CT molecular complexity index is 507. The predicted molar refractivity (Wildman–Crippen MR) is 70.3 cm³/mol. The molecule has 0 amide bonds. The maximum Gasteiger partial charge on any atom is 0.304 e. The van der Waals surface area contributed by atoms with Gasteiger partial charge in [0.15, 0.2) is 0 Å². The molecule has 0 radical (unpaired) electrons. The zero-order valence-electron chi connectivity index (χ0n) is 10.3. The Morgan fingerprint density at radius 3 is 2.61 bits per heavy atom. The second-order valence-corrected chi connectivity index (χ2v) is 7.30. The first kappa shape index (κ1) is 15.1. The van der Waals surface area contributed by atoms with Crippen LogP contribution in [-0.2, 0) is 14.8 Å². The van der Waals surface area contributed by atoms with Gasteiger partial charge in [0.1, 0.15) is 4.21 Å². The van der Waals surface area contributed by atoms with Crippen LogP contribution in [0.4, 0.5) is 0 Å². The minimum absolute atomic E-state index is 0.197. The molecule has 1 atom stereocenters. The summed E-state index contributed by atoms with van der Waals surface area (Å²) >= 11 is 1.18. The Hall–Kier alpha value is -0.920. The van der Waals surface area contributed by atoms with Crippen molar-refractivity contribution in [3.8, 4) is 0 Å². The van der Waals surface area contributed by atoms with E-state index in [0.717, 1.165) is 11.3 Å². The summed E-state index contributed by atoms with van der Waals surface area (Å²) < 4.78 is 26.7. The first-order chi connectivity index (χ1) is 8.35. The van der Waals surface area contributed by atoms with E-state index < -0.39 is 22.0 Å². The van der Waals surface area contributed by atoms with Crippen LogP contribution in [0.2, 0.25) is 0 Å². The van der Waals surface area contributed by atoms with E-state index in [2.05, 4.69) is 4.72 Å². The number of carboxylic acid groups (broad SMARTS) is 1. The van der Waals surface area contributed by atoms with Crippen molar-refractivity contribution in [2.45, 2.75) is 43.4 Å². The Kier molecular flexibility index (Phi) is 5.30. The lowest BCUT2D eigenvalue weighted by Gasteiger charge is -2.15. The van der Waals surface area contributed by atoms with Gasteiger partial charge in [-0.05, 0) is 25.5 Å². The van der Waals surface area contributed by atoms with Crippen molar-refractivity contribution in [3.05, 3.63) is 17.0 Å². The highest BCUT2D eigenvalue weighted by Gasteiger charge is 2.22. The van der Waals surface area contributed by atoms with Gasteiger partial charge in [-0.3, -0.25) is 4.79 Å². The third kappa shape index (κ3) is 4.40. The molecule has 102 valence electrons. The summed E-state index contributed by atoms with van der Waals surface area (Å²) in [4.78, 5) is 11.6. The minimum atomic E-state index is -3.60. The van der Waals surface area contributed by atoms with Gasteiger partial charge in [0, 0.05) is 10.9 Å². The lowest BCUT2D eigenvalue weighted by atomic mass is 10.1. The second kappa shape index (κ2) is 6.31. The van der Waals surface area contributed by atoms with Crippen molar-refractivity contribution < 1.29 is 18.3 Å². The zero-order chi connectivity index (χ0) is 13.8. The number of nitrogens with one attached hydrogen (secondary N) is 1. The Labute approximate surface area is 111 Å². The molecule has 7 heteroatoms. The number of aliphatic carboxylic acids is 1. The number of rotatable bonds is 7. The molecule has 1 aromatic heterocycles. The first-order valence-corrected chi connectivity index (χ1v) is 7.95. The van der Waals surface area contributed by atoms with Gasteiger partial charge >= 0.3 is 5.97 Å². The average Bonchev–Trinajstić information content (AvgIpc) is 2.64. The van der Waals surface area contributed by atoms with Gasteiger partial charge in [0.2, 0.25) is 10.0 Å². The third-order valence-electron chi connectivity index (χ3n) is 2.36. The fourth-order valence-electron chi connectivity index (χ4n) is 1.60.